The van der Waals surface area contributed by atoms with Crippen LogP contribution in [0.3, 0.4) is 0 Å². The van der Waals surface area contributed by atoms with Gasteiger partial charge >= 0.3 is 0 Å². The van der Waals surface area contributed by atoms with E-state index in [-0.39, 0.29) is 0 Å². The minimum atomic E-state index is -1.81. The molecule has 0 aliphatic carbocycles. The van der Waals surface area contributed by atoms with Gasteiger partial charge in [-0.05, 0) is 111 Å². The Morgan fingerprint density at radius 2 is 1.14 bits per heavy atom. The average Bonchev–Trinajstić information content (AvgIpc) is 3.70. The van der Waals surface area contributed by atoms with E-state index in [0.29, 0.717) is 33.2 Å². The summed E-state index contributed by atoms with van der Waals surface area (Å²) in [6.07, 6.45) is 0. The zero-order valence-corrected chi connectivity index (χ0v) is 35.4. The Morgan fingerprint density at radius 1 is 0.605 bits per heavy atom. The van der Waals surface area contributed by atoms with E-state index < -0.39 is 16.1 Å². The largest absolute Gasteiger partial charge is 0.152 e. The van der Waals surface area contributed by atoms with Crippen LogP contribution in [0.5, 0.6) is 0 Å². The predicted molar refractivity (Wildman–Crippen MR) is 218 cm³/mol. The number of benzene rings is 1. The Hall–Kier alpha value is -0.296. The van der Waals surface area contributed by atoms with Crippen molar-refractivity contribution in [2.45, 2.75) is 116 Å². The van der Waals surface area contributed by atoms with Gasteiger partial charge in [-0.2, -0.15) is 11.3 Å². The van der Waals surface area contributed by atoms with Gasteiger partial charge in [0.05, 0.1) is 0 Å². The summed E-state index contributed by atoms with van der Waals surface area (Å²) in [5.74, 6) is 0. The number of fused-ring (bicyclic) bond motifs is 3. The second kappa shape index (κ2) is 12.7. The van der Waals surface area contributed by atoms with Crippen molar-refractivity contribution in [2.24, 2.45) is 0 Å². The Bertz CT molecular complexity index is 1670. The zero-order chi connectivity index (χ0) is 31.6. The molecular formula is C36H49IS4Si2. The molecule has 5 aromatic rings. The van der Waals surface area contributed by atoms with Gasteiger partial charge in [0.2, 0.25) is 0 Å². The summed E-state index contributed by atoms with van der Waals surface area (Å²) >= 11 is 10.8. The van der Waals surface area contributed by atoms with Crippen molar-refractivity contribution in [3.05, 3.63) is 44.0 Å². The van der Waals surface area contributed by atoms with Gasteiger partial charge in [-0.25, -0.2) is 0 Å². The highest BCUT2D eigenvalue weighted by molar-refractivity contribution is 14.1. The standard InChI is InChI=1S/C36H49IS4Si2/c1-20(2)42(21(3)4,22(5)6)30-17-28(26-13-15-38-19-26)35(40-30)32-33(37)36-29(27-14-16-39-34(27)32)18-31(41-36)43(23(7)8,24(9)10)25(11)12/h13-25H,1-12H3. The molecule has 5 rings (SSSR count). The van der Waals surface area contributed by atoms with Gasteiger partial charge in [-0.1, -0.05) is 83.1 Å². The molecule has 0 saturated carbocycles. The van der Waals surface area contributed by atoms with Crippen LogP contribution in [-0.4, -0.2) is 16.1 Å². The van der Waals surface area contributed by atoms with E-state index in [1.165, 1.54) is 45.3 Å². The Balaban J connectivity index is 1.88. The van der Waals surface area contributed by atoms with Crippen molar-refractivity contribution in [1.82, 2.24) is 0 Å². The lowest BCUT2D eigenvalue weighted by Gasteiger charge is -2.42. The monoisotopic (exact) mass is 792 g/mol. The van der Waals surface area contributed by atoms with Gasteiger partial charge in [0.25, 0.3) is 0 Å². The van der Waals surface area contributed by atoms with Crippen LogP contribution >= 0.6 is 67.9 Å². The first-order valence-electron chi connectivity index (χ1n) is 16.0. The van der Waals surface area contributed by atoms with E-state index in [0.717, 1.165) is 0 Å². The SMILES string of the molecule is CC(C)[Si](c1cc(-c2ccsc2)c(-c2c(I)c3sc([Si](C(C)C)(C(C)C)C(C)C)cc3c3ccsc23)s1)(C(C)C)C(C)C. The lowest BCUT2D eigenvalue weighted by atomic mass is 10.0. The van der Waals surface area contributed by atoms with E-state index in [1.54, 1.807) is 9.00 Å². The summed E-state index contributed by atoms with van der Waals surface area (Å²) in [7, 11) is -3.57. The first kappa shape index (κ1) is 34.0. The van der Waals surface area contributed by atoms with E-state index in [9.17, 15) is 0 Å². The highest BCUT2D eigenvalue weighted by Crippen LogP contribution is 2.52. The van der Waals surface area contributed by atoms with Crippen LogP contribution in [0, 0.1) is 3.57 Å². The maximum atomic E-state index is 2.74. The number of hydrogen-bond acceptors (Lipinski definition) is 4. The fraction of sp³-hybridized carbons (Fsp3) is 0.500. The van der Waals surface area contributed by atoms with Gasteiger partial charge in [0.1, 0.15) is 16.1 Å². The number of thiophene rings is 4. The fourth-order valence-corrected chi connectivity index (χ4v) is 32.8. The summed E-state index contributed by atoms with van der Waals surface area (Å²) in [4.78, 5) is 1.50. The van der Waals surface area contributed by atoms with Gasteiger partial charge < -0.3 is 0 Å². The highest BCUT2D eigenvalue weighted by atomic mass is 127. The molecule has 0 unspecified atom stereocenters. The third-order valence-corrected chi connectivity index (χ3v) is 31.9. The molecule has 4 aromatic heterocycles. The molecule has 0 spiro atoms. The lowest BCUT2D eigenvalue weighted by Crippen LogP contribution is -2.54. The second-order valence-corrected chi connectivity index (χ2v) is 31.7. The van der Waals surface area contributed by atoms with E-state index in [4.69, 9.17) is 0 Å². The molecule has 0 bridgehead atoms. The third kappa shape index (κ3) is 5.18. The highest BCUT2D eigenvalue weighted by Gasteiger charge is 2.47. The Kier molecular flexibility index (Phi) is 10.1. The molecule has 232 valence electrons. The first-order chi connectivity index (χ1) is 20.2. The van der Waals surface area contributed by atoms with E-state index in [2.05, 4.69) is 169 Å². The van der Waals surface area contributed by atoms with Gasteiger partial charge in [0.15, 0.2) is 0 Å². The van der Waals surface area contributed by atoms with Crippen molar-refractivity contribution in [3.8, 4) is 21.6 Å². The predicted octanol–water partition coefficient (Wildman–Crippen LogP) is 13.9. The first-order valence-corrected chi connectivity index (χ1v) is 25.0. The lowest BCUT2D eigenvalue weighted by molar-refractivity contribution is 0.837. The summed E-state index contributed by atoms with van der Waals surface area (Å²) in [5, 5.41) is 9.92. The van der Waals surface area contributed by atoms with E-state index in [1.807, 2.05) is 22.7 Å². The molecular weight excluding hydrogens is 744 g/mol. The molecule has 4 heterocycles. The van der Waals surface area contributed by atoms with Crippen LogP contribution in [0.15, 0.2) is 40.4 Å². The second-order valence-electron chi connectivity index (χ2n) is 14.4. The smallest absolute Gasteiger partial charge is 0.107 e. The zero-order valence-electron chi connectivity index (χ0n) is 28.0. The van der Waals surface area contributed by atoms with Gasteiger partial charge in [0, 0.05) is 39.7 Å². The number of halogens is 1. The molecule has 43 heavy (non-hydrogen) atoms. The fourth-order valence-electron chi connectivity index (χ4n) is 9.23. The van der Waals surface area contributed by atoms with Crippen LogP contribution in [0.25, 0.3) is 41.7 Å². The minimum Gasteiger partial charge on any atom is -0.152 e. The molecule has 0 saturated heterocycles. The maximum absolute atomic E-state index is 2.74. The van der Waals surface area contributed by atoms with Crippen molar-refractivity contribution in [2.75, 3.05) is 0 Å². The maximum Gasteiger partial charge on any atom is 0.107 e. The molecule has 0 nitrogen and oxygen atoms in total. The number of hydrogen-bond donors (Lipinski definition) is 0. The summed E-state index contributed by atoms with van der Waals surface area (Å²) in [5.41, 5.74) is 8.55. The van der Waals surface area contributed by atoms with E-state index >= 15 is 0 Å². The summed E-state index contributed by atoms with van der Waals surface area (Å²) in [6, 6.07) is 10.1. The van der Waals surface area contributed by atoms with Crippen LogP contribution in [0.4, 0.5) is 0 Å². The molecule has 0 aliphatic rings. The molecule has 0 aliphatic heterocycles. The van der Waals surface area contributed by atoms with Crippen molar-refractivity contribution in [3.63, 3.8) is 0 Å². The molecule has 1 aromatic carbocycles. The van der Waals surface area contributed by atoms with Crippen molar-refractivity contribution in [1.29, 1.82) is 0 Å². The van der Waals surface area contributed by atoms with Crippen molar-refractivity contribution < 1.29 is 0 Å². The van der Waals surface area contributed by atoms with Gasteiger partial charge in [-0.15, -0.1) is 34.0 Å². The summed E-state index contributed by atoms with van der Waals surface area (Å²) in [6.45, 7) is 30.0. The summed E-state index contributed by atoms with van der Waals surface area (Å²) < 4.78 is 7.86. The third-order valence-electron chi connectivity index (χ3n) is 10.7. The quantitative estimate of drug-likeness (QED) is 0.0976. The molecule has 0 radical (unpaired) electrons. The molecule has 0 N–H and O–H groups in total. The topological polar surface area (TPSA) is 0 Å². The van der Waals surface area contributed by atoms with Crippen LogP contribution < -0.4 is 9.00 Å². The van der Waals surface area contributed by atoms with Crippen LogP contribution in [0.1, 0.15) is 83.1 Å². The molecule has 0 atom stereocenters. The minimum absolute atomic E-state index is 0.693. The van der Waals surface area contributed by atoms with Gasteiger partial charge in [-0.3, -0.25) is 0 Å². The average molecular weight is 793 g/mol. The van der Waals surface area contributed by atoms with Crippen LogP contribution in [0.2, 0.25) is 33.2 Å². The Labute approximate surface area is 292 Å². The van der Waals surface area contributed by atoms with Crippen molar-refractivity contribution >= 4 is 113 Å². The molecule has 0 fully saturated rings. The normalized spacial score (nSPS) is 13.6. The van der Waals surface area contributed by atoms with Crippen LogP contribution in [-0.2, 0) is 0 Å². The molecule has 7 heteroatoms. The molecule has 0 amide bonds. The number of rotatable bonds is 10. The Morgan fingerprint density at radius 3 is 1.63 bits per heavy atom.